The van der Waals surface area contributed by atoms with Gasteiger partial charge in [0.05, 0.1) is 12.7 Å². The molecule has 0 saturated carbocycles. The Bertz CT molecular complexity index is 445. The van der Waals surface area contributed by atoms with Gasteiger partial charge in [-0.3, -0.25) is 4.90 Å². The summed E-state index contributed by atoms with van der Waals surface area (Å²) >= 11 is 3.51. The van der Waals surface area contributed by atoms with Crippen molar-refractivity contribution in [2.24, 2.45) is 5.92 Å². The van der Waals surface area contributed by atoms with E-state index in [0.29, 0.717) is 6.04 Å². The molecule has 1 N–H and O–H groups in total. The van der Waals surface area contributed by atoms with Gasteiger partial charge in [0.25, 0.3) is 0 Å². The highest BCUT2D eigenvalue weighted by atomic mass is 79.9. The van der Waals surface area contributed by atoms with E-state index in [-0.39, 0.29) is 6.10 Å². The molecule has 116 valence electrons. The van der Waals surface area contributed by atoms with Crippen molar-refractivity contribution in [2.45, 2.75) is 31.9 Å². The first-order chi connectivity index (χ1) is 10.2. The maximum Gasteiger partial charge on any atom is 0.0977 e. The van der Waals surface area contributed by atoms with Crippen LogP contribution < -0.4 is 5.32 Å². The third kappa shape index (κ3) is 3.86. The summed E-state index contributed by atoms with van der Waals surface area (Å²) in [6, 6.07) is 9.03. The minimum absolute atomic E-state index is 0.202. The average Bonchev–Trinajstić information content (AvgIpc) is 2.52. The third-order valence-corrected chi connectivity index (χ3v) is 5.37. The molecule has 0 aromatic heterocycles. The van der Waals surface area contributed by atoms with Crippen LogP contribution in [0, 0.1) is 5.92 Å². The quantitative estimate of drug-likeness (QED) is 0.903. The first kappa shape index (κ1) is 15.5. The number of halogens is 1. The molecule has 2 aliphatic heterocycles. The summed E-state index contributed by atoms with van der Waals surface area (Å²) in [5, 5.41) is 3.46. The fourth-order valence-electron chi connectivity index (χ4n) is 3.51. The average molecular weight is 353 g/mol. The summed E-state index contributed by atoms with van der Waals surface area (Å²) in [7, 11) is 0. The van der Waals surface area contributed by atoms with Gasteiger partial charge in [-0.2, -0.15) is 0 Å². The molecule has 2 heterocycles. The molecule has 3 rings (SSSR count). The van der Waals surface area contributed by atoms with Gasteiger partial charge >= 0.3 is 0 Å². The van der Waals surface area contributed by atoms with Crippen molar-refractivity contribution in [3.8, 4) is 0 Å². The number of benzene rings is 1. The van der Waals surface area contributed by atoms with E-state index in [1.165, 1.54) is 38.0 Å². The fraction of sp³-hybridized carbons (Fsp3) is 0.647. The number of hydrogen-bond donors (Lipinski definition) is 1. The zero-order valence-electron chi connectivity index (χ0n) is 12.7. The van der Waals surface area contributed by atoms with E-state index in [1.54, 1.807) is 0 Å². The van der Waals surface area contributed by atoms with E-state index < -0.39 is 0 Å². The van der Waals surface area contributed by atoms with E-state index in [0.717, 1.165) is 23.5 Å². The summed E-state index contributed by atoms with van der Waals surface area (Å²) in [6.07, 6.45) is 2.83. The van der Waals surface area contributed by atoms with Gasteiger partial charge in [0.2, 0.25) is 0 Å². The van der Waals surface area contributed by atoms with Crippen LogP contribution in [0.1, 0.15) is 31.4 Å². The van der Waals surface area contributed by atoms with Crippen LogP contribution in [-0.4, -0.2) is 43.7 Å². The van der Waals surface area contributed by atoms with Gasteiger partial charge in [0.1, 0.15) is 0 Å². The smallest absolute Gasteiger partial charge is 0.0977 e. The van der Waals surface area contributed by atoms with Crippen LogP contribution >= 0.6 is 15.9 Å². The third-order valence-electron chi connectivity index (χ3n) is 4.84. The predicted octanol–water partition coefficient (Wildman–Crippen LogP) is 3.21. The molecule has 21 heavy (non-hydrogen) atoms. The van der Waals surface area contributed by atoms with Crippen LogP contribution in [0.15, 0.2) is 28.7 Å². The van der Waals surface area contributed by atoms with Crippen molar-refractivity contribution >= 4 is 15.9 Å². The topological polar surface area (TPSA) is 24.5 Å². The molecule has 2 aliphatic rings. The number of piperidine rings is 1. The van der Waals surface area contributed by atoms with Crippen LogP contribution in [0.25, 0.3) is 0 Å². The second kappa shape index (κ2) is 7.23. The van der Waals surface area contributed by atoms with Crippen molar-refractivity contribution < 1.29 is 4.74 Å². The maximum atomic E-state index is 6.07. The van der Waals surface area contributed by atoms with Crippen molar-refractivity contribution in [3.05, 3.63) is 34.3 Å². The SMILES string of the molecule is CC1C(c2ccc(Br)cc2)OCCN1CC1CCNCC1. The molecule has 0 spiro atoms. The fourth-order valence-corrected chi connectivity index (χ4v) is 3.78. The normalized spacial score (nSPS) is 28.7. The van der Waals surface area contributed by atoms with Gasteiger partial charge in [-0.1, -0.05) is 28.1 Å². The number of morpholine rings is 1. The zero-order valence-corrected chi connectivity index (χ0v) is 14.3. The highest BCUT2D eigenvalue weighted by Crippen LogP contribution is 2.30. The molecule has 2 atom stereocenters. The Morgan fingerprint density at radius 1 is 1.24 bits per heavy atom. The van der Waals surface area contributed by atoms with Crippen molar-refractivity contribution in [2.75, 3.05) is 32.8 Å². The second-order valence-electron chi connectivity index (χ2n) is 6.27. The van der Waals surface area contributed by atoms with Gasteiger partial charge in [-0.25, -0.2) is 0 Å². The summed E-state index contributed by atoms with van der Waals surface area (Å²) in [6.45, 7) is 7.80. The second-order valence-corrected chi connectivity index (χ2v) is 7.19. The lowest BCUT2D eigenvalue weighted by Gasteiger charge is -2.41. The van der Waals surface area contributed by atoms with E-state index in [2.05, 4.69) is 57.3 Å². The monoisotopic (exact) mass is 352 g/mol. The minimum Gasteiger partial charge on any atom is -0.371 e. The lowest BCUT2D eigenvalue weighted by molar-refractivity contribution is -0.0724. The molecule has 2 saturated heterocycles. The van der Waals surface area contributed by atoms with Gasteiger partial charge in [0.15, 0.2) is 0 Å². The minimum atomic E-state index is 0.202. The largest absolute Gasteiger partial charge is 0.371 e. The van der Waals surface area contributed by atoms with Gasteiger partial charge < -0.3 is 10.1 Å². The molecule has 2 unspecified atom stereocenters. The molecule has 1 aromatic carbocycles. The van der Waals surface area contributed by atoms with Crippen LogP contribution in [0.3, 0.4) is 0 Å². The zero-order chi connectivity index (χ0) is 14.7. The predicted molar refractivity (Wildman–Crippen MR) is 89.5 cm³/mol. The van der Waals surface area contributed by atoms with E-state index in [9.17, 15) is 0 Å². The molecule has 0 bridgehead atoms. The number of rotatable bonds is 3. The molecule has 0 amide bonds. The Balaban J connectivity index is 1.65. The molecule has 0 radical (unpaired) electrons. The summed E-state index contributed by atoms with van der Waals surface area (Å²) in [4.78, 5) is 2.63. The maximum absolute atomic E-state index is 6.07. The standard InChI is InChI=1S/C17H25BrN2O/c1-13-17(15-2-4-16(18)5-3-15)21-11-10-20(13)12-14-6-8-19-9-7-14/h2-5,13-14,17,19H,6-12H2,1H3. The Hall–Kier alpha value is -0.420. The number of nitrogens with one attached hydrogen (secondary N) is 1. The highest BCUT2D eigenvalue weighted by molar-refractivity contribution is 9.10. The first-order valence-corrected chi connectivity index (χ1v) is 8.85. The van der Waals surface area contributed by atoms with Crippen molar-refractivity contribution in [1.29, 1.82) is 0 Å². The van der Waals surface area contributed by atoms with Gasteiger partial charge in [-0.05, 0) is 56.5 Å². The van der Waals surface area contributed by atoms with E-state index >= 15 is 0 Å². The van der Waals surface area contributed by atoms with Crippen LogP contribution in [0.5, 0.6) is 0 Å². The summed E-state index contributed by atoms with van der Waals surface area (Å²) in [5.41, 5.74) is 1.29. The Kier molecular flexibility index (Phi) is 5.33. The van der Waals surface area contributed by atoms with Gasteiger partial charge in [0, 0.05) is 23.6 Å². The van der Waals surface area contributed by atoms with Crippen LogP contribution in [0.4, 0.5) is 0 Å². The first-order valence-electron chi connectivity index (χ1n) is 8.06. The molecular weight excluding hydrogens is 328 g/mol. The van der Waals surface area contributed by atoms with Crippen molar-refractivity contribution in [1.82, 2.24) is 10.2 Å². The molecule has 3 nitrogen and oxygen atoms in total. The highest BCUT2D eigenvalue weighted by Gasteiger charge is 2.31. The summed E-state index contributed by atoms with van der Waals surface area (Å²) < 4.78 is 7.19. The molecule has 2 fully saturated rings. The van der Waals surface area contributed by atoms with Gasteiger partial charge in [-0.15, -0.1) is 0 Å². The Morgan fingerprint density at radius 2 is 1.95 bits per heavy atom. The van der Waals surface area contributed by atoms with E-state index in [1.807, 2.05) is 0 Å². The molecular formula is C17H25BrN2O. The van der Waals surface area contributed by atoms with Crippen molar-refractivity contribution in [3.63, 3.8) is 0 Å². The number of ether oxygens (including phenoxy) is 1. The Labute approximate surface area is 136 Å². The summed E-state index contributed by atoms with van der Waals surface area (Å²) in [5.74, 6) is 0.845. The molecule has 1 aromatic rings. The van der Waals surface area contributed by atoms with Crippen LogP contribution in [-0.2, 0) is 4.74 Å². The lowest BCUT2D eigenvalue weighted by atomic mass is 9.94. The van der Waals surface area contributed by atoms with Crippen LogP contribution in [0.2, 0.25) is 0 Å². The lowest BCUT2D eigenvalue weighted by Crippen LogP contribution is -2.48. The Morgan fingerprint density at radius 3 is 2.67 bits per heavy atom. The molecule has 0 aliphatic carbocycles. The van der Waals surface area contributed by atoms with E-state index in [4.69, 9.17) is 4.74 Å². The number of hydrogen-bond acceptors (Lipinski definition) is 3. The number of nitrogens with zero attached hydrogens (tertiary/aromatic N) is 1. The molecule has 4 heteroatoms.